The smallest absolute Gasteiger partial charge is 0.311 e. The maximum Gasteiger partial charge on any atom is 0.311 e. The van der Waals surface area contributed by atoms with E-state index in [1.165, 1.54) is 38.5 Å². The van der Waals surface area contributed by atoms with Gasteiger partial charge in [-0.25, -0.2) is 0 Å². The van der Waals surface area contributed by atoms with Crippen molar-refractivity contribution in [1.82, 2.24) is 0 Å². The second-order valence-electron chi connectivity index (χ2n) is 10.5. The molecule has 0 saturated heterocycles. The predicted molar refractivity (Wildman–Crippen MR) is 138 cm³/mol. The third kappa shape index (κ3) is 16.4. The molecule has 35 heavy (non-hydrogen) atoms. The molecule has 0 rings (SSSR count). The average Bonchev–Trinajstić information content (AvgIpc) is 2.78. The Bertz CT molecular complexity index is 578. The zero-order chi connectivity index (χ0) is 26.7. The number of carbonyl (C=O) groups is 3. The molecule has 0 radical (unpaired) electrons. The van der Waals surface area contributed by atoms with E-state index >= 15 is 0 Å². The van der Waals surface area contributed by atoms with E-state index in [1.807, 2.05) is 0 Å². The van der Waals surface area contributed by atoms with E-state index in [9.17, 15) is 29.7 Å². The molecule has 0 fully saturated rings. The molecule has 0 amide bonds. The minimum atomic E-state index is -1.19. The van der Waals surface area contributed by atoms with Crippen molar-refractivity contribution in [3.05, 3.63) is 12.2 Å². The van der Waals surface area contributed by atoms with Crippen molar-refractivity contribution in [2.45, 2.75) is 105 Å². The fourth-order valence-corrected chi connectivity index (χ4v) is 4.81. The summed E-state index contributed by atoms with van der Waals surface area (Å²) in [6.45, 7) is 8.16. The molecule has 0 aromatic heterocycles. The highest BCUT2D eigenvalue weighted by Crippen LogP contribution is 2.22. The summed E-state index contributed by atoms with van der Waals surface area (Å²) in [7, 11) is 0. The van der Waals surface area contributed by atoms with Crippen LogP contribution in [0, 0.1) is 17.8 Å². The monoisotopic (exact) mass is 497 g/mol. The first-order valence-corrected chi connectivity index (χ1v) is 13.7. The van der Waals surface area contributed by atoms with Gasteiger partial charge in [0.1, 0.15) is 11.8 Å². The summed E-state index contributed by atoms with van der Waals surface area (Å²) in [5, 5.41) is 30.4. The number of allylic oxidation sites excluding steroid dienone is 2. The molecular formula is C28H51NO6. The van der Waals surface area contributed by atoms with Crippen molar-refractivity contribution in [2.75, 3.05) is 26.2 Å². The van der Waals surface area contributed by atoms with Crippen LogP contribution >= 0.6 is 0 Å². The van der Waals surface area contributed by atoms with Crippen LogP contribution in [-0.2, 0) is 14.4 Å². The lowest BCUT2D eigenvalue weighted by atomic mass is 10.0. The number of quaternary nitrogens is 1. The van der Waals surface area contributed by atoms with Gasteiger partial charge in [0, 0.05) is 11.9 Å². The summed E-state index contributed by atoms with van der Waals surface area (Å²) >= 11 is 0. The van der Waals surface area contributed by atoms with Gasteiger partial charge in [0.05, 0.1) is 26.2 Å². The Labute approximate surface area is 213 Å². The lowest BCUT2D eigenvalue weighted by Gasteiger charge is -2.43. The number of carbonyl (C=O) groups excluding carboxylic acids is 1. The second-order valence-corrected chi connectivity index (χ2v) is 10.5. The molecule has 0 aliphatic carbocycles. The van der Waals surface area contributed by atoms with Gasteiger partial charge in [-0.05, 0) is 52.4 Å². The molecule has 2 N–H and O–H groups in total. The molecule has 0 aliphatic rings. The second kappa shape index (κ2) is 19.3. The predicted octanol–water partition coefficient (Wildman–Crippen LogP) is 4.89. The molecule has 7 heteroatoms. The highest BCUT2D eigenvalue weighted by Gasteiger charge is 2.36. The maximum absolute atomic E-state index is 11.6. The van der Waals surface area contributed by atoms with Crippen LogP contribution in [0.4, 0.5) is 0 Å². The number of aliphatic carboxylic acids is 3. The number of hydrogen-bond donors (Lipinski definition) is 2. The number of rotatable bonds is 23. The Balaban J connectivity index is 4.72. The number of carboxylic acids is 3. The molecule has 3 atom stereocenters. The summed E-state index contributed by atoms with van der Waals surface area (Å²) in [5.41, 5.74) is 0. The van der Waals surface area contributed by atoms with Crippen LogP contribution in [0.5, 0.6) is 0 Å². The first-order chi connectivity index (χ1) is 16.5. The third-order valence-corrected chi connectivity index (χ3v) is 6.87. The van der Waals surface area contributed by atoms with Crippen molar-refractivity contribution in [2.24, 2.45) is 17.8 Å². The fraction of sp³-hybridized carbons (Fsp3) is 0.821. The Morgan fingerprint density at radius 2 is 1.09 bits per heavy atom. The van der Waals surface area contributed by atoms with Crippen molar-refractivity contribution >= 4 is 17.9 Å². The first-order valence-electron chi connectivity index (χ1n) is 13.7. The molecule has 7 nitrogen and oxygen atoms in total. The van der Waals surface area contributed by atoms with Crippen LogP contribution in [0.25, 0.3) is 0 Å². The minimum absolute atomic E-state index is 0.175. The van der Waals surface area contributed by atoms with Gasteiger partial charge in [0.15, 0.2) is 0 Å². The molecule has 204 valence electrons. The van der Waals surface area contributed by atoms with Crippen LogP contribution in [0.1, 0.15) is 105 Å². The zero-order valence-electron chi connectivity index (χ0n) is 22.7. The van der Waals surface area contributed by atoms with Gasteiger partial charge in [-0.15, -0.1) is 0 Å². The van der Waals surface area contributed by atoms with Gasteiger partial charge in [0.2, 0.25) is 0 Å². The van der Waals surface area contributed by atoms with Gasteiger partial charge < -0.3 is 24.6 Å². The van der Waals surface area contributed by atoms with Crippen molar-refractivity contribution in [3.63, 3.8) is 0 Å². The number of unbranched alkanes of at least 4 members (excludes halogenated alkanes) is 10. The van der Waals surface area contributed by atoms with Gasteiger partial charge in [-0.1, -0.05) is 64.5 Å². The highest BCUT2D eigenvalue weighted by atomic mass is 16.4. The standard InChI is InChI=1S/C28H51NO6/c1-5-6-7-8-9-10-11-12-13-14-15-16-17-18-19-29(20-23(2)26(30)31,21-24(3)27(32)33)22-25(4)28(34)35/h12-13,23-25H,5-11,14-22H2,1-4H3,(H2-,30,31,32,33,34,35)/b13-12+. The number of carboxylic acid groups (broad SMARTS) is 3. The fourth-order valence-electron chi connectivity index (χ4n) is 4.81. The molecule has 0 saturated carbocycles. The highest BCUT2D eigenvalue weighted by molar-refractivity contribution is 5.70. The Hall–Kier alpha value is -1.89. The summed E-state index contributed by atoms with van der Waals surface area (Å²) < 4.78 is 0.175. The molecule has 0 aromatic rings. The van der Waals surface area contributed by atoms with Crippen LogP contribution in [0.3, 0.4) is 0 Å². The van der Waals surface area contributed by atoms with Crippen molar-refractivity contribution in [3.8, 4) is 0 Å². The zero-order valence-corrected chi connectivity index (χ0v) is 22.7. The summed E-state index contributed by atoms with van der Waals surface area (Å²) in [6, 6.07) is 0. The van der Waals surface area contributed by atoms with E-state index in [0.717, 1.165) is 38.5 Å². The first kappa shape index (κ1) is 33.1. The molecule has 0 heterocycles. The van der Waals surface area contributed by atoms with E-state index in [1.54, 1.807) is 20.8 Å². The normalized spacial score (nSPS) is 16.0. The average molecular weight is 498 g/mol. The van der Waals surface area contributed by atoms with E-state index in [2.05, 4.69) is 19.1 Å². The van der Waals surface area contributed by atoms with Gasteiger partial charge >= 0.3 is 11.9 Å². The molecule has 3 unspecified atom stereocenters. The van der Waals surface area contributed by atoms with Crippen LogP contribution < -0.4 is 5.11 Å². The summed E-state index contributed by atoms with van der Waals surface area (Å²) in [6.07, 6.45) is 18.5. The summed E-state index contributed by atoms with van der Waals surface area (Å²) in [4.78, 5) is 34.6. The van der Waals surface area contributed by atoms with E-state index in [-0.39, 0.29) is 24.1 Å². The van der Waals surface area contributed by atoms with Crippen molar-refractivity contribution < 1.29 is 34.2 Å². The number of hydrogen-bond acceptors (Lipinski definition) is 4. The Kier molecular flexibility index (Phi) is 18.3. The van der Waals surface area contributed by atoms with E-state index in [4.69, 9.17) is 0 Å². The van der Waals surface area contributed by atoms with Gasteiger partial charge in [-0.3, -0.25) is 9.59 Å². The lowest BCUT2D eigenvalue weighted by Crippen LogP contribution is -2.58. The molecule has 0 spiro atoms. The van der Waals surface area contributed by atoms with E-state index < -0.39 is 35.7 Å². The summed E-state index contributed by atoms with van der Waals surface area (Å²) in [5.74, 6) is -5.27. The molecule has 0 aromatic carbocycles. The SMILES string of the molecule is CCCCCCCC/C=C/CCCCCC[N+](CC(C)C(=O)[O-])(CC(C)C(=O)O)CC(C)C(=O)O. The third-order valence-electron chi connectivity index (χ3n) is 6.87. The van der Waals surface area contributed by atoms with Crippen LogP contribution in [-0.4, -0.2) is 58.8 Å². The lowest BCUT2D eigenvalue weighted by molar-refractivity contribution is -0.934. The topological polar surface area (TPSA) is 115 Å². The van der Waals surface area contributed by atoms with Crippen LogP contribution in [0.2, 0.25) is 0 Å². The Morgan fingerprint density at radius 3 is 1.51 bits per heavy atom. The van der Waals surface area contributed by atoms with Crippen LogP contribution in [0.15, 0.2) is 12.2 Å². The van der Waals surface area contributed by atoms with E-state index in [0.29, 0.717) is 6.54 Å². The van der Waals surface area contributed by atoms with Gasteiger partial charge in [0.25, 0.3) is 0 Å². The molecule has 0 aliphatic heterocycles. The molecular weight excluding hydrogens is 446 g/mol. The minimum Gasteiger partial charge on any atom is -0.550 e. The maximum atomic E-state index is 11.6. The Morgan fingerprint density at radius 1 is 0.686 bits per heavy atom. The van der Waals surface area contributed by atoms with Crippen molar-refractivity contribution in [1.29, 1.82) is 0 Å². The largest absolute Gasteiger partial charge is 0.550 e. The quantitative estimate of drug-likeness (QED) is 0.118. The van der Waals surface area contributed by atoms with Gasteiger partial charge in [-0.2, -0.15) is 0 Å². The molecule has 0 bridgehead atoms. The number of nitrogens with zero attached hydrogens (tertiary/aromatic N) is 1.